The van der Waals surface area contributed by atoms with E-state index in [-0.39, 0.29) is 5.91 Å². The van der Waals surface area contributed by atoms with E-state index in [4.69, 9.17) is 33.7 Å². The van der Waals surface area contributed by atoms with E-state index in [0.717, 1.165) is 10.4 Å². The Hall–Kier alpha value is -1.18. The number of rotatable bonds is 4. The van der Waals surface area contributed by atoms with Gasteiger partial charge in [0.05, 0.1) is 0 Å². The van der Waals surface area contributed by atoms with Gasteiger partial charge in [-0.05, 0) is 36.6 Å². The molecule has 1 aromatic carbocycles. The van der Waals surface area contributed by atoms with Crippen LogP contribution in [0.3, 0.4) is 0 Å². The average Bonchev–Trinajstić information content (AvgIpc) is 2.99. The van der Waals surface area contributed by atoms with Crippen LogP contribution in [0.25, 0.3) is 0 Å². The van der Waals surface area contributed by atoms with Crippen LogP contribution in [0, 0.1) is 0 Å². The van der Waals surface area contributed by atoms with Crippen molar-refractivity contribution in [2.45, 2.75) is 24.8 Å². The van der Waals surface area contributed by atoms with Crippen molar-refractivity contribution in [3.05, 3.63) is 44.9 Å². The fraction of sp³-hybridized carbons (Fsp3) is 0.375. The number of carbonyl (C=O) groups is 1. The molecule has 1 aromatic heterocycles. The second-order valence-corrected chi connectivity index (χ2v) is 7.73. The third kappa shape index (κ3) is 4.07. The Kier molecular flexibility index (Phi) is 5.42. The molecule has 0 radical (unpaired) electrons. The lowest BCUT2D eigenvalue weighted by atomic mass is 9.90. The number of halogens is 2. The monoisotopic (exact) mass is 385 g/mol. The van der Waals surface area contributed by atoms with Gasteiger partial charge in [-0.2, -0.15) is 0 Å². The zero-order valence-electron chi connectivity index (χ0n) is 12.9. The highest BCUT2D eigenvalue weighted by molar-refractivity contribution is 7.15. The molecule has 1 saturated heterocycles. The molecule has 3 N–H and O–H groups in total. The standard InChI is InChI=1S/C16H17Cl2N3O2S/c17-11-1-2-13(18)10(7-11)8-12-9-20-15(24-12)21-14(22)16(19)3-5-23-6-4-16/h1-2,7,9H,3-6,8,19H2,(H,20,21,22). The third-order valence-electron chi connectivity index (χ3n) is 3.98. The number of carbonyl (C=O) groups excluding carboxylic acids is 1. The molecule has 0 atom stereocenters. The van der Waals surface area contributed by atoms with Gasteiger partial charge in [0.25, 0.3) is 0 Å². The fourth-order valence-corrected chi connectivity index (χ4v) is 3.71. The van der Waals surface area contributed by atoms with Crippen molar-refractivity contribution in [1.29, 1.82) is 0 Å². The molecule has 2 heterocycles. The Labute approximate surface area is 154 Å². The van der Waals surface area contributed by atoms with E-state index < -0.39 is 5.54 Å². The van der Waals surface area contributed by atoms with Crippen molar-refractivity contribution >= 4 is 45.6 Å². The van der Waals surface area contributed by atoms with E-state index >= 15 is 0 Å². The van der Waals surface area contributed by atoms with Crippen molar-refractivity contribution in [3.63, 3.8) is 0 Å². The van der Waals surface area contributed by atoms with Crippen molar-refractivity contribution in [2.75, 3.05) is 18.5 Å². The highest BCUT2D eigenvalue weighted by Crippen LogP contribution is 2.28. The lowest BCUT2D eigenvalue weighted by Crippen LogP contribution is -2.54. The molecule has 5 nitrogen and oxygen atoms in total. The number of benzene rings is 1. The zero-order chi connectivity index (χ0) is 17.2. The van der Waals surface area contributed by atoms with Crippen LogP contribution in [0.5, 0.6) is 0 Å². The number of anilines is 1. The number of amides is 1. The van der Waals surface area contributed by atoms with Crippen LogP contribution in [0.15, 0.2) is 24.4 Å². The summed E-state index contributed by atoms with van der Waals surface area (Å²) in [6.45, 7) is 1.00. The van der Waals surface area contributed by atoms with Gasteiger partial charge in [0.2, 0.25) is 5.91 Å². The van der Waals surface area contributed by atoms with E-state index in [0.29, 0.717) is 47.7 Å². The average molecular weight is 386 g/mol. The summed E-state index contributed by atoms with van der Waals surface area (Å²) in [5.41, 5.74) is 6.20. The first kappa shape index (κ1) is 17.6. The summed E-state index contributed by atoms with van der Waals surface area (Å²) in [5, 5.41) is 4.64. The molecule has 1 aliphatic rings. The molecule has 0 saturated carbocycles. The summed E-state index contributed by atoms with van der Waals surface area (Å²) >= 11 is 13.6. The fourth-order valence-electron chi connectivity index (χ4n) is 2.50. The topological polar surface area (TPSA) is 77.2 Å². The van der Waals surface area contributed by atoms with Gasteiger partial charge in [-0.1, -0.05) is 23.2 Å². The number of nitrogens with zero attached hydrogens (tertiary/aromatic N) is 1. The first-order valence-electron chi connectivity index (χ1n) is 7.53. The predicted molar refractivity (Wildman–Crippen MR) is 97.0 cm³/mol. The Morgan fingerprint density at radius 1 is 1.38 bits per heavy atom. The Morgan fingerprint density at radius 2 is 2.12 bits per heavy atom. The zero-order valence-corrected chi connectivity index (χ0v) is 15.2. The highest BCUT2D eigenvalue weighted by atomic mass is 35.5. The quantitative estimate of drug-likeness (QED) is 0.844. The molecule has 2 aromatic rings. The van der Waals surface area contributed by atoms with E-state index in [1.165, 1.54) is 11.3 Å². The summed E-state index contributed by atoms with van der Waals surface area (Å²) in [7, 11) is 0. The minimum absolute atomic E-state index is 0.215. The van der Waals surface area contributed by atoms with Gasteiger partial charge in [-0.25, -0.2) is 4.98 Å². The lowest BCUT2D eigenvalue weighted by molar-refractivity contribution is -0.124. The minimum Gasteiger partial charge on any atom is -0.381 e. The summed E-state index contributed by atoms with van der Waals surface area (Å²) in [4.78, 5) is 17.6. The van der Waals surface area contributed by atoms with Crippen LogP contribution in [-0.2, 0) is 16.0 Å². The number of nitrogens with two attached hydrogens (primary N) is 1. The minimum atomic E-state index is -0.889. The van der Waals surface area contributed by atoms with Crippen LogP contribution in [0.2, 0.25) is 10.0 Å². The number of thiazole rings is 1. The van der Waals surface area contributed by atoms with E-state index in [1.807, 2.05) is 6.07 Å². The molecule has 0 aliphatic carbocycles. The Morgan fingerprint density at radius 3 is 2.88 bits per heavy atom. The van der Waals surface area contributed by atoms with Crippen molar-refractivity contribution in [3.8, 4) is 0 Å². The molecule has 128 valence electrons. The molecule has 1 aliphatic heterocycles. The van der Waals surface area contributed by atoms with Crippen LogP contribution < -0.4 is 11.1 Å². The van der Waals surface area contributed by atoms with Crippen LogP contribution in [0.4, 0.5) is 5.13 Å². The van der Waals surface area contributed by atoms with Crippen molar-refractivity contribution in [2.24, 2.45) is 5.73 Å². The Balaban J connectivity index is 1.67. The second-order valence-electron chi connectivity index (χ2n) is 5.77. The number of aromatic nitrogens is 1. The molecule has 1 amide bonds. The Bertz CT molecular complexity index is 745. The normalized spacial score (nSPS) is 16.8. The van der Waals surface area contributed by atoms with Crippen molar-refractivity contribution < 1.29 is 9.53 Å². The van der Waals surface area contributed by atoms with E-state index in [2.05, 4.69) is 10.3 Å². The molecular weight excluding hydrogens is 369 g/mol. The molecular formula is C16H17Cl2N3O2S. The number of hydrogen-bond donors (Lipinski definition) is 2. The van der Waals surface area contributed by atoms with E-state index in [9.17, 15) is 4.79 Å². The number of hydrogen-bond acceptors (Lipinski definition) is 5. The number of nitrogens with one attached hydrogen (secondary N) is 1. The molecule has 0 spiro atoms. The molecule has 0 bridgehead atoms. The lowest BCUT2D eigenvalue weighted by Gasteiger charge is -2.31. The van der Waals surface area contributed by atoms with Gasteiger partial charge in [0.15, 0.2) is 5.13 Å². The molecule has 24 heavy (non-hydrogen) atoms. The maximum atomic E-state index is 12.4. The SMILES string of the molecule is NC1(C(=O)Nc2ncc(Cc3cc(Cl)ccc3Cl)s2)CCOCC1. The molecule has 8 heteroatoms. The van der Waals surface area contributed by atoms with Crippen molar-refractivity contribution in [1.82, 2.24) is 4.98 Å². The predicted octanol–water partition coefficient (Wildman–Crippen LogP) is 3.49. The third-order valence-corrected chi connectivity index (χ3v) is 5.50. The first-order chi connectivity index (χ1) is 11.5. The van der Waals surface area contributed by atoms with Gasteiger partial charge in [0, 0.05) is 40.8 Å². The molecule has 3 rings (SSSR count). The largest absolute Gasteiger partial charge is 0.381 e. The summed E-state index contributed by atoms with van der Waals surface area (Å²) < 4.78 is 5.26. The van der Waals surface area contributed by atoms with Gasteiger partial charge >= 0.3 is 0 Å². The van der Waals surface area contributed by atoms with Crippen LogP contribution in [-0.4, -0.2) is 29.6 Å². The smallest absolute Gasteiger partial charge is 0.246 e. The van der Waals surface area contributed by atoms with Crippen LogP contribution in [0.1, 0.15) is 23.3 Å². The summed E-state index contributed by atoms with van der Waals surface area (Å²) in [5.74, 6) is -0.215. The highest BCUT2D eigenvalue weighted by Gasteiger charge is 2.36. The van der Waals surface area contributed by atoms with E-state index in [1.54, 1.807) is 18.3 Å². The summed E-state index contributed by atoms with van der Waals surface area (Å²) in [6, 6.07) is 5.35. The first-order valence-corrected chi connectivity index (χ1v) is 9.10. The number of ether oxygens (including phenoxy) is 1. The van der Waals surface area contributed by atoms with Gasteiger partial charge in [0.1, 0.15) is 5.54 Å². The maximum absolute atomic E-state index is 12.4. The van der Waals surface area contributed by atoms with Crippen LogP contribution >= 0.6 is 34.5 Å². The summed E-state index contributed by atoms with van der Waals surface area (Å²) in [6.07, 6.45) is 3.35. The van der Waals surface area contributed by atoms with Gasteiger partial charge in [-0.15, -0.1) is 11.3 Å². The second kappa shape index (κ2) is 7.37. The molecule has 0 unspecified atom stereocenters. The molecule has 1 fully saturated rings. The van der Waals surface area contributed by atoms with Gasteiger partial charge < -0.3 is 15.8 Å². The van der Waals surface area contributed by atoms with Gasteiger partial charge in [-0.3, -0.25) is 4.79 Å². The maximum Gasteiger partial charge on any atom is 0.246 e.